The summed E-state index contributed by atoms with van der Waals surface area (Å²) in [5.41, 5.74) is 2.10. The smallest absolute Gasteiger partial charge is 0.145 e. The summed E-state index contributed by atoms with van der Waals surface area (Å²) >= 11 is 0. The Bertz CT molecular complexity index is 527. The maximum Gasteiger partial charge on any atom is 0.145 e. The van der Waals surface area contributed by atoms with E-state index in [1.165, 1.54) is 0 Å². The first-order chi connectivity index (χ1) is 11.2. The Balaban J connectivity index is 1.84. The fourth-order valence-electron chi connectivity index (χ4n) is 2.72. The molecule has 0 saturated carbocycles. The average molecular weight is 314 g/mol. The summed E-state index contributed by atoms with van der Waals surface area (Å²) in [4.78, 5) is 7.74. The van der Waals surface area contributed by atoms with Crippen molar-refractivity contribution in [2.75, 3.05) is 19.6 Å². The highest BCUT2D eigenvalue weighted by atomic mass is 16.6. The molecule has 1 heterocycles. The van der Waals surface area contributed by atoms with Gasteiger partial charge < -0.3 is 9.94 Å². The van der Waals surface area contributed by atoms with E-state index in [-0.39, 0.29) is 12.2 Å². The summed E-state index contributed by atoms with van der Waals surface area (Å²) in [6.07, 6.45) is 5.70. The van der Waals surface area contributed by atoms with Gasteiger partial charge in [0.25, 0.3) is 0 Å². The molecule has 0 aliphatic carbocycles. The monoisotopic (exact) mass is 314 g/mol. The molecule has 1 aromatic rings. The van der Waals surface area contributed by atoms with Crippen molar-refractivity contribution >= 4 is 5.71 Å². The van der Waals surface area contributed by atoms with Gasteiger partial charge in [-0.3, -0.25) is 4.90 Å². The lowest BCUT2D eigenvalue weighted by atomic mass is 10.0. The Morgan fingerprint density at radius 2 is 2.09 bits per heavy atom. The third-order valence-electron chi connectivity index (χ3n) is 3.86. The van der Waals surface area contributed by atoms with Crippen LogP contribution in [0.2, 0.25) is 0 Å². The van der Waals surface area contributed by atoms with Crippen molar-refractivity contribution in [3.8, 4) is 0 Å². The van der Waals surface area contributed by atoms with E-state index in [9.17, 15) is 5.11 Å². The van der Waals surface area contributed by atoms with E-state index in [0.29, 0.717) is 6.54 Å². The van der Waals surface area contributed by atoms with E-state index in [1.54, 1.807) is 0 Å². The van der Waals surface area contributed by atoms with Gasteiger partial charge in [0, 0.05) is 26.1 Å². The van der Waals surface area contributed by atoms with Crippen molar-refractivity contribution < 1.29 is 9.94 Å². The number of hydrogen-bond acceptors (Lipinski definition) is 4. The summed E-state index contributed by atoms with van der Waals surface area (Å²) in [6, 6.07) is 10.1. The fraction of sp³-hybridized carbons (Fsp3) is 0.421. The molecule has 2 unspecified atom stereocenters. The third-order valence-corrected chi connectivity index (χ3v) is 3.86. The first-order valence-corrected chi connectivity index (χ1v) is 8.13. The van der Waals surface area contributed by atoms with Crippen LogP contribution >= 0.6 is 0 Å². The zero-order valence-electron chi connectivity index (χ0n) is 13.6. The number of rotatable bonds is 10. The highest BCUT2D eigenvalue weighted by molar-refractivity contribution is 6.01. The molecular weight excluding hydrogens is 288 g/mol. The largest absolute Gasteiger partial charge is 0.392 e. The molecule has 1 N–H and O–H groups in total. The van der Waals surface area contributed by atoms with Gasteiger partial charge in [-0.15, -0.1) is 13.2 Å². The second kappa shape index (κ2) is 9.28. The zero-order valence-corrected chi connectivity index (χ0v) is 13.6. The molecule has 1 aliphatic heterocycles. The Morgan fingerprint density at radius 1 is 1.30 bits per heavy atom. The van der Waals surface area contributed by atoms with Crippen LogP contribution in [-0.2, 0) is 4.84 Å². The van der Waals surface area contributed by atoms with Crippen molar-refractivity contribution in [3.63, 3.8) is 0 Å². The van der Waals surface area contributed by atoms with E-state index < -0.39 is 0 Å². The van der Waals surface area contributed by atoms with Crippen LogP contribution in [0, 0.1) is 0 Å². The van der Waals surface area contributed by atoms with Crippen LogP contribution in [0.15, 0.2) is 60.8 Å². The Labute approximate surface area is 138 Å². The highest BCUT2D eigenvalue weighted by Crippen LogP contribution is 2.18. The van der Waals surface area contributed by atoms with E-state index in [2.05, 4.69) is 23.2 Å². The molecule has 0 radical (unpaired) electrons. The van der Waals surface area contributed by atoms with Gasteiger partial charge in [0.05, 0.1) is 11.8 Å². The molecule has 2 atom stereocenters. The molecule has 2 rings (SSSR count). The summed E-state index contributed by atoms with van der Waals surface area (Å²) in [6.45, 7) is 9.56. The number of allylic oxidation sites excluding steroid dienone is 1. The van der Waals surface area contributed by atoms with Crippen molar-refractivity contribution in [1.82, 2.24) is 4.90 Å². The van der Waals surface area contributed by atoms with Crippen molar-refractivity contribution in [2.45, 2.75) is 31.5 Å². The van der Waals surface area contributed by atoms with Crippen molar-refractivity contribution in [3.05, 3.63) is 61.2 Å². The Morgan fingerprint density at radius 3 is 2.78 bits per heavy atom. The van der Waals surface area contributed by atoms with Gasteiger partial charge in [-0.1, -0.05) is 47.6 Å². The number of oxime groups is 1. The predicted octanol–water partition coefficient (Wildman–Crippen LogP) is 2.99. The molecule has 0 aromatic heterocycles. The maximum absolute atomic E-state index is 10.1. The lowest BCUT2D eigenvalue weighted by Gasteiger charge is -2.25. The SMILES string of the molecule is C=CCCC(O)CN(CC=C)CC1CC(c2ccccc2)=NO1. The minimum absolute atomic E-state index is 0.0248. The standard InChI is InChI=1S/C19H26N2O2/c1-3-5-11-17(22)14-21(12-4-2)15-18-13-19(20-23-18)16-9-7-6-8-10-16/h3-4,6-10,17-18,22H,1-2,5,11-15H2. The lowest BCUT2D eigenvalue weighted by molar-refractivity contribution is 0.0379. The molecule has 0 bridgehead atoms. The molecule has 124 valence electrons. The number of aliphatic hydroxyl groups excluding tert-OH is 1. The molecule has 0 saturated heterocycles. The van der Waals surface area contributed by atoms with Crippen LogP contribution in [0.25, 0.3) is 0 Å². The van der Waals surface area contributed by atoms with Crippen LogP contribution in [0.1, 0.15) is 24.8 Å². The zero-order chi connectivity index (χ0) is 16.5. The van der Waals surface area contributed by atoms with Gasteiger partial charge in [0.2, 0.25) is 0 Å². The molecule has 1 aliphatic rings. The van der Waals surface area contributed by atoms with Gasteiger partial charge >= 0.3 is 0 Å². The molecule has 4 nitrogen and oxygen atoms in total. The number of hydrogen-bond donors (Lipinski definition) is 1. The summed E-state index contributed by atoms with van der Waals surface area (Å²) in [7, 11) is 0. The van der Waals surface area contributed by atoms with Crippen LogP contribution < -0.4 is 0 Å². The normalized spacial score (nSPS) is 18.3. The summed E-state index contributed by atoms with van der Waals surface area (Å²) < 4.78 is 0. The van der Waals surface area contributed by atoms with E-state index in [1.807, 2.05) is 42.5 Å². The number of nitrogens with zero attached hydrogens (tertiary/aromatic N) is 2. The van der Waals surface area contributed by atoms with Crippen LogP contribution in [0.4, 0.5) is 0 Å². The maximum atomic E-state index is 10.1. The van der Waals surface area contributed by atoms with Gasteiger partial charge in [0.15, 0.2) is 0 Å². The van der Waals surface area contributed by atoms with Gasteiger partial charge in [-0.05, 0) is 18.4 Å². The van der Waals surface area contributed by atoms with E-state index in [4.69, 9.17) is 4.84 Å². The summed E-state index contributed by atoms with van der Waals surface area (Å²) in [5, 5.41) is 14.3. The van der Waals surface area contributed by atoms with Crippen molar-refractivity contribution in [2.24, 2.45) is 5.16 Å². The van der Waals surface area contributed by atoms with Crippen LogP contribution in [-0.4, -0.2) is 47.6 Å². The minimum atomic E-state index is -0.358. The molecular formula is C19H26N2O2. The van der Waals surface area contributed by atoms with Gasteiger partial charge in [0.1, 0.15) is 6.10 Å². The molecule has 23 heavy (non-hydrogen) atoms. The quantitative estimate of drug-likeness (QED) is 0.675. The number of benzene rings is 1. The van der Waals surface area contributed by atoms with Gasteiger partial charge in [-0.25, -0.2) is 0 Å². The first kappa shape index (κ1) is 17.4. The molecule has 0 amide bonds. The molecule has 1 aromatic carbocycles. The van der Waals surface area contributed by atoms with Crippen LogP contribution in [0.3, 0.4) is 0 Å². The fourth-order valence-corrected chi connectivity index (χ4v) is 2.72. The summed E-state index contributed by atoms with van der Waals surface area (Å²) in [5.74, 6) is 0. The second-order valence-electron chi connectivity index (χ2n) is 5.86. The topological polar surface area (TPSA) is 45.1 Å². The van der Waals surface area contributed by atoms with E-state index in [0.717, 1.165) is 43.6 Å². The average Bonchev–Trinajstić information content (AvgIpc) is 3.02. The molecule has 0 spiro atoms. The Kier molecular flexibility index (Phi) is 7.04. The first-order valence-electron chi connectivity index (χ1n) is 8.13. The number of aliphatic hydroxyl groups is 1. The Hall–Kier alpha value is -1.91. The van der Waals surface area contributed by atoms with Crippen LogP contribution in [0.5, 0.6) is 0 Å². The van der Waals surface area contributed by atoms with Gasteiger partial charge in [-0.2, -0.15) is 0 Å². The second-order valence-corrected chi connectivity index (χ2v) is 5.86. The van der Waals surface area contributed by atoms with E-state index >= 15 is 0 Å². The lowest BCUT2D eigenvalue weighted by Crippen LogP contribution is -2.38. The minimum Gasteiger partial charge on any atom is -0.392 e. The molecule has 0 fully saturated rings. The highest BCUT2D eigenvalue weighted by Gasteiger charge is 2.24. The van der Waals surface area contributed by atoms with Crippen molar-refractivity contribution in [1.29, 1.82) is 0 Å². The third kappa shape index (κ3) is 5.66. The predicted molar refractivity (Wildman–Crippen MR) is 94.5 cm³/mol. The molecule has 4 heteroatoms.